The quantitative estimate of drug-likeness (QED) is 0.655. The van der Waals surface area contributed by atoms with Gasteiger partial charge in [-0.15, -0.1) is 0 Å². The molecule has 3 aromatic rings. The zero-order valence-electron chi connectivity index (χ0n) is 17.2. The molecule has 3 rings (SSSR count). The molecule has 1 heterocycles. The van der Waals surface area contributed by atoms with Gasteiger partial charge in [0.1, 0.15) is 18.2 Å². The van der Waals surface area contributed by atoms with Crippen LogP contribution in [-0.4, -0.2) is 27.2 Å². The number of nitrogens with one attached hydrogen (secondary N) is 1. The van der Waals surface area contributed by atoms with Crippen LogP contribution in [0.4, 0.5) is 10.1 Å². The molecule has 0 fully saturated rings. The van der Waals surface area contributed by atoms with Crippen LogP contribution < -0.4 is 10.9 Å². The number of benzene rings is 2. The molecule has 0 unspecified atom stereocenters. The minimum atomic E-state index is -0.467. The topological polar surface area (TPSA) is 84.2 Å². The second-order valence-corrected chi connectivity index (χ2v) is 7.19. The van der Waals surface area contributed by atoms with Crippen LogP contribution in [0.3, 0.4) is 0 Å². The Morgan fingerprint density at radius 2 is 1.80 bits per heavy atom. The summed E-state index contributed by atoms with van der Waals surface area (Å²) in [6.45, 7) is 4.94. The highest BCUT2D eigenvalue weighted by atomic mass is 19.1. The van der Waals surface area contributed by atoms with Gasteiger partial charge in [-0.3, -0.25) is 14.2 Å². The van der Waals surface area contributed by atoms with Gasteiger partial charge in [0.25, 0.3) is 5.56 Å². The van der Waals surface area contributed by atoms with Gasteiger partial charge < -0.3 is 10.4 Å². The van der Waals surface area contributed by atoms with Crippen molar-refractivity contribution in [2.75, 3.05) is 11.9 Å². The molecule has 0 spiro atoms. The van der Waals surface area contributed by atoms with Crippen molar-refractivity contribution < 1.29 is 14.3 Å². The van der Waals surface area contributed by atoms with E-state index in [1.54, 1.807) is 13.0 Å². The molecular weight excluding hydrogens is 385 g/mol. The number of aromatic nitrogens is 2. The minimum absolute atomic E-state index is 0.125. The fraction of sp³-hybridized carbons (Fsp3) is 0.261. The first-order valence-electron chi connectivity index (χ1n) is 9.65. The number of carbonyl (C=O) groups excluding carboxylic acids is 1. The van der Waals surface area contributed by atoms with E-state index >= 15 is 0 Å². The molecule has 156 valence electrons. The van der Waals surface area contributed by atoms with Gasteiger partial charge in [0.05, 0.1) is 0 Å². The first kappa shape index (κ1) is 21.4. The molecule has 0 saturated carbocycles. The lowest BCUT2D eigenvalue weighted by Crippen LogP contribution is -2.33. The standard InChI is InChI=1S/C23H24FN3O3/c1-14-6-4-7-15(2)21(14)26-20(29)13-27-22(17-8-5-9-18(24)12-17)25-16(3)19(10-11-28)23(27)30/h4-9,12,28H,10-11,13H2,1-3H3,(H,26,29). The number of rotatable bonds is 6. The Labute approximate surface area is 174 Å². The summed E-state index contributed by atoms with van der Waals surface area (Å²) in [5.41, 5.74) is 3.25. The average Bonchev–Trinajstić information content (AvgIpc) is 2.70. The summed E-state index contributed by atoms with van der Waals surface area (Å²) >= 11 is 0. The summed E-state index contributed by atoms with van der Waals surface area (Å²) in [6.07, 6.45) is 0.125. The molecular formula is C23H24FN3O3. The maximum atomic E-state index is 13.8. The number of hydrogen-bond acceptors (Lipinski definition) is 4. The Bertz CT molecular complexity index is 1130. The first-order chi connectivity index (χ1) is 14.3. The summed E-state index contributed by atoms with van der Waals surface area (Å²) in [5, 5.41) is 12.2. The van der Waals surface area contributed by atoms with Gasteiger partial charge in [0.2, 0.25) is 5.91 Å². The molecule has 30 heavy (non-hydrogen) atoms. The number of nitrogens with zero attached hydrogens (tertiary/aromatic N) is 2. The Kier molecular flexibility index (Phi) is 6.42. The predicted octanol–water partition coefficient (Wildman–Crippen LogP) is 3.15. The van der Waals surface area contributed by atoms with E-state index in [4.69, 9.17) is 0 Å². The summed E-state index contributed by atoms with van der Waals surface area (Å²) < 4.78 is 15.0. The predicted molar refractivity (Wildman–Crippen MR) is 114 cm³/mol. The molecule has 0 atom stereocenters. The molecule has 1 aromatic heterocycles. The van der Waals surface area contributed by atoms with Crippen LogP contribution in [0.2, 0.25) is 0 Å². The number of carbonyl (C=O) groups is 1. The van der Waals surface area contributed by atoms with Gasteiger partial charge in [-0.25, -0.2) is 9.37 Å². The number of aliphatic hydroxyl groups excluding tert-OH is 1. The number of aliphatic hydroxyl groups is 1. The number of hydrogen-bond donors (Lipinski definition) is 2. The van der Waals surface area contributed by atoms with E-state index in [0.717, 1.165) is 11.1 Å². The largest absolute Gasteiger partial charge is 0.396 e. The van der Waals surface area contributed by atoms with Gasteiger partial charge in [-0.2, -0.15) is 0 Å². The molecule has 0 aliphatic carbocycles. The van der Waals surface area contributed by atoms with Crippen LogP contribution >= 0.6 is 0 Å². The van der Waals surface area contributed by atoms with Crippen LogP contribution in [0.5, 0.6) is 0 Å². The molecule has 2 aromatic carbocycles. The van der Waals surface area contributed by atoms with Crippen molar-refractivity contribution in [2.24, 2.45) is 0 Å². The third kappa shape index (κ3) is 4.46. The maximum absolute atomic E-state index is 13.8. The molecule has 7 heteroatoms. The maximum Gasteiger partial charge on any atom is 0.257 e. The summed E-state index contributed by atoms with van der Waals surface area (Å²) in [4.78, 5) is 30.4. The third-order valence-corrected chi connectivity index (χ3v) is 4.96. The molecule has 0 aliphatic heterocycles. The van der Waals surface area contributed by atoms with Crippen molar-refractivity contribution in [2.45, 2.75) is 33.7 Å². The van der Waals surface area contributed by atoms with Crippen LogP contribution in [0.1, 0.15) is 22.4 Å². The highest BCUT2D eigenvalue weighted by molar-refractivity contribution is 5.92. The normalized spacial score (nSPS) is 10.8. The van der Waals surface area contributed by atoms with Gasteiger partial charge in [0, 0.05) is 35.5 Å². The van der Waals surface area contributed by atoms with Crippen molar-refractivity contribution in [1.82, 2.24) is 9.55 Å². The lowest BCUT2D eigenvalue weighted by Gasteiger charge is -2.17. The van der Waals surface area contributed by atoms with Crippen molar-refractivity contribution in [1.29, 1.82) is 0 Å². The van der Waals surface area contributed by atoms with E-state index < -0.39 is 17.3 Å². The number of anilines is 1. The lowest BCUT2D eigenvalue weighted by molar-refractivity contribution is -0.116. The SMILES string of the molecule is Cc1cccc(C)c1NC(=O)Cn1c(-c2cccc(F)c2)nc(C)c(CCO)c1=O. The van der Waals surface area contributed by atoms with Crippen LogP contribution in [0, 0.1) is 26.6 Å². The lowest BCUT2D eigenvalue weighted by atomic mass is 10.1. The van der Waals surface area contributed by atoms with Crippen LogP contribution in [-0.2, 0) is 17.8 Å². The van der Waals surface area contributed by atoms with E-state index in [1.807, 2.05) is 32.0 Å². The summed E-state index contributed by atoms with van der Waals surface area (Å²) in [7, 11) is 0. The zero-order chi connectivity index (χ0) is 21.8. The fourth-order valence-corrected chi connectivity index (χ4v) is 3.43. The van der Waals surface area contributed by atoms with Gasteiger partial charge >= 0.3 is 0 Å². The third-order valence-electron chi connectivity index (χ3n) is 4.96. The van der Waals surface area contributed by atoms with Crippen molar-refractivity contribution in [3.8, 4) is 11.4 Å². The van der Waals surface area contributed by atoms with Gasteiger partial charge in [-0.1, -0.05) is 30.3 Å². The molecule has 0 bridgehead atoms. The Hall–Kier alpha value is -3.32. The molecule has 0 saturated heterocycles. The first-order valence-corrected chi connectivity index (χ1v) is 9.65. The second kappa shape index (κ2) is 9.00. The van der Waals surface area contributed by atoms with E-state index in [2.05, 4.69) is 10.3 Å². The molecule has 0 aliphatic rings. The molecule has 1 amide bonds. The van der Waals surface area contributed by atoms with E-state index in [1.165, 1.54) is 22.8 Å². The van der Waals surface area contributed by atoms with Gasteiger partial charge in [0.15, 0.2) is 0 Å². The van der Waals surface area contributed by atoms with Gasteiger partial charge in [-0.05, 0) is 44.0 Å². The van der Waals surface area contributed by atoms with E-state index in [9.17, 15) is 19.1 Å². The molecule has 0 radical (unpaired) electrons. The molecule has 2 N–H and O–H groups in total. The van der Waals surface area contributed by atoms with Crippen LogP contribution in [0.25, 0.3) is 11.4 Å². The summed E-state index contributed by atoms with van der Waals surface area (Å²) in [6, 6.07) is 11.4. The monoisotopic (exact) mass is 409 g/mol. The Morgan fingerprint density at radius 3 is 2.43 bits per heavy atom. The average molecular weight is 409 g/mol. The Morgan fingerprint density at radius 1 is 1.13 bits per heavy atom. The van der Waals surface area contributed by atoms with E-state index in [-0.39, 0.29) is 25.4 Å². The smallest absolute Gasteiger partial charge is 0.257 e. The van der Waals surface area contributed by atoms with Crippen molar-refractivity contribution >= 4 is 11.6 Å². The minimum Gasteiger partial charge on any atom is -0.396 e. The zero-order valence-corrected chi connectivity index (χ0v) is 17.2. The van der Waals surface area contributed by atoms with Crippen LogP contribution in [0.15, 0.2) is 47.3 Å². The molecule has 6 nitrogen and oxygen atoms in total. The van der Waals surface area contributed by atoms with Crippen molar-refractivity contribution in [3.63, 3.8) is 0 Å². The number of para-hydroxylation sites is 1. The fourth-order valence-electron chi connectivity index (χ4n) is 3.43. The second-order valence-electron chi connectivity index (χ2n) is 7.19. The van der Waals surface area contributed by atoms with Crippen molar-refractivity contribution in [3.05, 3.63) is 81.0 Å². The summed E-state index contributed by atoms with van der Waals surface area (Å²) in [5.74, 6) is -0.659. The highest BCUT2D eigenvalue weighted by Gasteiger charge is 2.18. The Balaban J connectivity index is 2.06. The number of amides is 1. The highest BCUT2D eigenvalue weighted by Crippen LogP contribution is 2.21. The number of aryl methyl sites for hydroxylation is 3. The van der Waals surface area contributed by atoms with E-state index in [0.29, 0.717) is 22.5 Å². The number of halogens is 1.